The number of nitrogens with two attached hydrogens (primary N) is 1. The molecule has 82 valence electrons. The van der Waals surface area contributed by atoms with Gasteiger partial charge in [0.2, 0.25) is 0 Å². The molecule has 0 radical (unpaired) electrons. The number of nitrogens with one attached hydrogen (secondary N) is 1. The predicted molar refractivity (Wildman–Crippen MR) is 64.9 cm³/mol. The monoisotopic (exact) mass is 205 g/mol. The van der Waals surface area contributed by atoms with Gasteiger partial charge in [-0.25, -0.2) is 0 Å². The predicted octanol–water partition coefficient (Wildman–Crippen LogP) is 1.84. The fourth-order valence-electron chi connectivity index (χ4n) is 1.41. The van der Waals surface area contributed by atoms with Crippen molar-refractivity contribution in [2.75, 3.05) is 7.05 Å². The molecule has 0 aliphatic carbocycles. The van der Waals surface area contributed by atoms with Gasteiger partial charge in [0.1, 0.15) is 0 Å². The summed E-state index contributed by atoms with van der Waals surface area (Å²) in [4.78, 5) is 3.87. The molecule has 3 heteroatoms. The molecule has 1 aromatic carbocycles. The van der Waals surface area contributed by atoms with E-state index in [1.54, 1.807) is 7.05 Å². The van der Waals surface area contributed by atoms with Gasteiger partial charge < -0.3 is 11.1 Å². The second kappa shape index (κ2) is 5.39. The first-order valence-electron chi connectivity index (χ1n) is 5.25. The van der Waals surface area contributed by atoms with Crippen molar-refractivity contribution in [1.82, 2.24) is 5.32 Å². The van der Waals surface area contributed by atoms with Gasteiger partial charge in [0.05, 0.1) is 6.04 Å². The number of aliphatic imine (C=N–C) groups is 1. The molecule has 0 aliphatic rings. The molecular formula is C12H19N3. The lowest BCUT2D eigenvalue weighted by Gasteiger charge is -2.14. The van der Waals surface area contributed by atoms with E-state index in [-0.39, 0.29) is 6.04 Å². The van der Waals surface area contributed by atoms with E-state index in [1.165, 1.54) is 11.1 Å². The number of benzene rings is 1. The van der Waals surface area contributed by atoms with Gasteiger partial charge in [0.25, 0.3) is 0 Å². The summed E-state index contributed by atoms with van der Waals surface area (Å²) in [6.45, 7) is 4.22. The van der Waals surface area contributed by atoms with E-state index >= 15 is 0 Å². The van der Waals surface area contributed by atoms with Crippen LogP contribution in [0, 0.1) is 0 Å². The molecule has 0 fully saturated rings. The largest absolute Gasteiger partial charge is 0.370 e. The third-order valence-electron chi connectivity index (χ3n) is 2.49. The summed E-state index contributed by atoms with van der Waals surface area (Å²) in [6.07, 6.45) is 1.07. The molecule has 0 aliphatic heterocycles. The lowest BCUT2D eigenvalue weighted by molar-refractivity contribution is 0.710. The van der Waals surface area contributed by atoms with Gasteiger partial charge in [-0.15, -0.1) is 0 Å². The van der Waals surface area contributed by atoms with Crippen LogP contribution in [-0.4, -0.2) is 13.0 Å². The molecule has 0 heterocycles. The number of aryl methyl sites for hydroxylation is 1. The maximum Gasteiger partial charge on any atom is 0.188 e. The Balaban J connectivity index is 2.69. The molecule has 0 amide bonds. The molecule has 0 saturated heterocycles. The van der Waals surface area contributed by atoms with Gasteiger partial charge in [-0.3, -0.25) is 4.99 Å². The van der Waals surface area contributed by atoms with E-state index in [4.69, 9.17) is 5.73 Å². The zero-order valence-corrected chi connectivity index (χ0v) is 9.62. The van der Waals surface area contributed by atoms with E-state index < -0.39 is 0 Å². The van der Waals surface area contributed by atoms with Gasteiger partial charge >= 0.3 is 0 Å². The van der Waals surface area contributed by atoms with Crippen molar-refractivity contribution in [1.29, 1.82) is 0 Å². The molecule has 0 aromatic heterocycles. The van der Waals surface area contributed by atoms with Crippen molar-refractivity contribution in [3.63, 3.8) is 0 Å². The molecule has 0 spiro atoms. The van der Waals surface area contributed by atoms with Crippen LogP contribution >= 0.6 is 0 Å². The third kappa shape index (κ3) is 3.27. The van der Waals surface area contributed by atoms with E-state index in [1.807, 2.05) is 0 Å². The Morgan fingerprint density at radius 3 is 2.47 bits per heavy atom. The maximum atomic E-state index is 5.61. The molecule has 15 heavy (non-hydrogen) atoms. The zero-order chi connectivity index (χ0) is 11.3. The fraction of sp³-hybridized carbons (Fsp3) is 0.417. The Morgan fingerprint density at radius 2 is 2.00 bits per heavy atom. The standard InChI is InChI=1S/C12H19N3/c1-4-10-5-7-11(8-6-10)9(2)15-12(13)14-3/h5-9H,4H2,1-3H3,(H3,13,14,15). The highest BCUT2D eigenvalue weighted by molar-refractivity contribution is 5.78. The maximum absolute atomic E-state index is 5.61. The molecular weight excluding hydrogens is 186 g/mol. The first-order valence-corrected chi connectivity index (χ1v) is 5.25. The Kier molecular flexibility index (Phi) is 4.16. The second-order valence-electron chi connectivity index (χ2n) is 3.57. The smallest absolute Gasteiger partial charge is 0.188 e. The molecule has 3 N–H and O–H groups in total. The van der Waals surface area contributed by atoms with E-state index in [0.717, 1.165) is 6.42 Å². The highest BCUT2D eigenvalue weighted by Gasteiger charge is 2.04. The highest BCUT2D eigenvalue weighted by atomic mass is 15.1. The molecule has 0 bridgehead atoms. The minimum absolute atomic E-state index is 0.194. The molecule has 1 aromatic rings. The number of hydrogen-bond acceptors (Lipinski definition) is 1. The number of nitrogens with zero attached hydrogens (tertiary/aromatic N) is 1. The summed E-state index contributed by atoms with van der Waals surface area (Å²) >= 11 is 0. The van der Waals surface area contributed by atoms with Crippen LogP contribution in [-0.2, 0) is 6.42 Å². The molecule has 0 saturated carbocycles. The zero-order valence-electron chi connectivity index (χ0n) is 9.62. The lowest BCUT2D eigenvalue weighted by atomic mass is 10.1. The summed E-state index contributed by atoms with van der Waals surface area (Å²) in [7, 11) is 1.68. The quantitative estimate of drug-likeness (QED) is 0.584. The average molecular weight is 205 g/mol. The molecule has 3 nitrogen and oxygen atoms in total. The van der Waals surface area contributed by atoms with Crippen LogP contribution in [0.15, 0.2) is 29.3 Å². The van der Waals surface area contributed by atoms with Gasteiger partial charge in [-0.1, -0.05) is 31.2 Å². The van der Waals surface area contributed by atoms with Gasteiger partial charge in [-0.2, -0.15) is 0 Å². The topological polar surface area (TPSA) is 50.4 Å². The Hall–Kier alpha value is -1.51. The average Bonchev–Trinajstić information content (AvgIpc) is 2.29. The van der Waals surface area contributed by atoms with Crippen LogP contribution < -0.4 is 11.1 Å². The highest BCUT2D eigenvalue weighted by Crippen LogP contribution is 2.13. The van der Waals surface area contributed by atoms with E-state index in [0.29, 0.717) is 5.96 Å². The molecule has 1 rings (SSSR count). The first kappa shape index (κ1) is 11.6. The normalized spacial score (nSPS) is 13.7. The van der Waals surface area contributed by atoms with Crippen molar-refractivity contribution in [2.45, 2.75) is 26.3 Å². The van der Waals surface area contributed by atoms with Crippen molar-refractivity contribution < 1.29 is 0 Å². The van der Waals surface area contributed by atoms with Crippen LogP contribution in [0.1, 0.15) is 31.0 Å². The Bertz CT molecular complexity index is 327. The van der Waals surface area contributed by atoms with E-state index in [9.17, 15) is 0 Å². The molecule has 1 unspecified atom stereocenters. The van der Waals surface area contributed by atoms with E-state index in [2.05, 4.69) is 48.4 Å². The Morgan fingerprint density at radius 1 is 1.40 bits per heavy atom. The van der Waals surface area contributed by atoms with Crippen molar-refractivity contribution in [3.8, 4) is 0 Å². The van der Waals surface area contributed by atoms with Gasteiger partial charge in [0.15, 0.2) is 5.96 Å². The fourth-order valence-corrected chi connectivity index (χ4v) is 1.41. The van der Waals surface area contributed by atoms with Crippen LogP contribution in [0.4, 0.5) is 0 Å². The number of hydrogen-bond donors (Lipinski definition) is 2. The summed E-state index contributed by atoms with van der Waals surface area (Å²) in [5.41, 5.74) is 8.18. The van der Waals surface area contributed by atoms with Gasteiger partial charge in [0, 0.05) is 7.05 Å². The first-order chi connectivity index (χ1) is 7.17. The Labute approximate surface area is 91.4 Å². The SMILES string of the molecule is CCc1ccc(C(C)NC(N)=NC)cc1. The van der Waals surface area contributed by atoms with Crippen LogP contribution in [0.5, 0.6) is 0 Å². The summed E-state index contributed by atoms with van der Waals surface area (Å²) in [5.74, 6) is 0.474. The lowest BCUT2D eigenvalue weighted by Crippen LogP contribution is -2.33. The number of rotatable bonds is 3. The van der Waals surface area contributed by atoms with Crippen LogP contribution in [0.2, 0.25) is 0 Å². The van der Waals surface area contributed by atoms with Gasteiger partial charge in [-0.05, 0) is 24.5 Å². The summed E-state index contributed by atoms with van der Waals surface area (Å²) < 4.78 is 0. The van der Waals surface area contributed by atoms with Crippen LogP contribution in [0.25, 0.3) is 0 Å². The molecule has 1 atom stereocenters. The second-order valence-corrected chi connectivity index (χ2v) is 3.57. The summed E-state index contributed by atoms with van der Waals surface area (Å²) in [6, 6.07) is 8.73. The minimum Gasteiger partial charge on any atom is -0.370 e. The number of guanidine groups is 1. The van der Waals surface area contributed by atoms with Crippen molar-refractivity contribution in [2.24, 2.45) is 10.7 Å². The van der Waals surface area contributed by atoms with Crippen LogP contribution in [0.3, 0.4) is 0 Å². The third-order valence-corrected chi connectivity index (χ3v) is 2.49. The van der Waals surface area contributed by atoms with Crippen molar-refractivity contribution in [3.05, 3.63) is 35.4 Å². The minimum atomic E-state index is 0.194. The summed E-state index contributed by atoms with van der Waals surface area (Å²) in [5, 5.41) is 3.11. The van der Waals surface area contributed by atoms with Crippen molar-refractivity contribution >= 4 is 5.96 Å².